The molecule has 5 heteroatoms. The highest BCUT2D eigenvalue weighted by molar-refractivity contribution is 5.88. The first-order valence-electron chi connectivity index (χ1n) is 13.7. The van der Waals surface area contributed by atoms with Crippen molar-refractivity contribution in [2.75, 3.05) is 13.2 Å². The van der Waals surface area contributed by atoms with Gasteiger partial charge in [0.15, 0.2) is 0 Å². The van der Waals surface area contributed by atoms with Crippen LogP contribution >= 0.6 is 0 Å². The summed E-state index contributed by atoms with van der Waals surface area (Å²) in [5.74, 6) is 0.323. The minimum absolute atomic E-state index is 0.0123. The fourth-order valence-corrected chi connectivity index (χ4v) is 4.78. The van der Waals surface area contributed by atoms with Crippen molar-refractivity contribution in [3.8, 4) is 0 Å². The van der Waals surface area contributed by atoms with Crippen molar-refractivity contribution in [1.82, 2.24) is 0 Å². The lowest BCUT2D eigenvalue weighted by Gasteiger charge is -2.29. The summed E-state index contributed by atoms with van der Waals surface area (Å²) in [7, 11) is 0. The molecule has 200 valence electrons. The Bertz CT molecular complexity index is 846. The van der Waals surface area contributed by atoms with Crippen LogP contribution in [0.1, 0.15) is 95.6 Å². The predicted molar refractivity (Wildman–Crippen MR) is 145 cm³/mol. The van der Waals surface area contributed by atoms with Gasteiger partial charge in [0.05, 0.1) is 24.9 Å². The van der Waals surface area contributed by atoms with E-state index in [4.69, 9.17) is 9.47 Å². The molecule has 1 N–H and O–H groups in total. The molecule has 0 spiro atoms. The van der Waals surface area contributed by atoms with Gasteiger partial charge in [-0.2, -0.15) is 0 Å². The maximum absolute atomic E-state index is 12.1. The van der Waals surface area contributed by atoms with Crippen LogP contribution in [0.2, 0.25) is 0 Å². The minimum Gasteiger partial charge on any atom is -0.462 e. The molecule has 2 rings (SSSR count). The van der Waals surface area contributed by atoms with Crippen LogP contribution in [-0.2, 0) is 25.5 Å². The Morgan fingerprint density at radius 3 is 2.17 bits per heavy atom. The highest BCUT2D eigenvalue weighted by Crippen LogP contribution is 2.37. The van der Waals surface area contributed by atoms with E-state index >= 15 is 0 Å². The Morgan fingerprint density at radius 2 is 1.61 bits per heavy atom. The molecule has 0 radical (unpaired) electrons. The summed E-state index contributed by atoms with van der Waals surface area (Å²) in [6.07, 6.45) is 11.2. The van der Waals surface area contributed by atoms with E-state index in [9.17, 15) is 14.7 Å². The number of aliphatic hydroxyl groups is 1. The van der Waals surface area contributed by atoms with Gasteiger partial charge in [0.25, 0.3) is 0 Å². The number of unbranched alkanes of at least 4 members (excludes halogenated alkanes) is 2. The zero-order valence-corrected chi connectivity index (χ0v) is 22.6. The third-order valence-electron chi connectivity index (χ3n) is 7.37. The van der Waals surface area contributed by atoms with Gasteiger partial charge in [0.1, 0.15) is 0 Å². The van der Waals surface area contributed by atoms with Crippen molar-refractivity contribution in [1.29, 1.82) is 0 Å². The van der Waals surface area contributed by atoms with E-state index in [0.717, 1.165) is 12.3 Å². The number of aryl methyl sites for hydroxylation is 1. The van der Waals surface area contributed by atoms with Gasteiger partial charge in [-0.25, -0.2) is 9.59 Å². The summed E-state index contributed by atoms with van der Waals surface area (Å²) in [5, 5.41) is 9.54. The standard InChI is InChI=1S/C31H46O5/c1-6-7-8-9-25-12-16-28(17-13-25)29-18-14-26(15-19-29)10-11-27(20-35-30(33)22(2)3)21-36-31(34)23(4)24(5)32/h14-15,18-19,24-25,27-28,32H,2,4,6-13,16-17,20-21H2,1,3,5H3. The molecule has 36 heavy (non-hydrogen) atoms. The normalized spacial score (nSPS) is 19.2. The lowest BCUT2D eigenvalue weighted by atomic mass is 9.77. The van der Waals surface area contributed by atoms with Crippen molar-refractivity contribution in [2.45, 2.75) is 97.0 Å². The van der Waals surface area contributed by atoms with Crippen molar-refractivity contribution < 1.29 is 24.2 Å². The predicted octanol–water partition coefficient (Wildman–Crippen LogP) is 6.69. The van der Waals surface area contributed by atoms with Crippen LogP contribution < -0.4 is 0 Å². The summed E-state index contributed by atoms with van der Waals surface area (Å²) in [6.45, 7) is 12.8. The molecule has 1 aromatic rings. The number of hydrogen-bond donors (Lipinski definition) is 1. The first kappa shape index (κ1) is 29.8. The van der Waals surface area contributed by atoms with E-state index in [0.29, 0.717) is 17.9 Å². The summed E-state index contributed by atoms with van der Waals surface area (Å²) in [6, 6.07) is 8.92. The lowest BCUT2D eigenvalue weighted by Crippen LogP contribution is -2.24. The van der Waals surface area contributed by atoms with Crippen molar-refractivity contribution in [2.24, 2.45) is 11.8 Å². The van der Waals surface area contributed by atoms with Gasteiger partial charge in [-0.1, -0.05) is 70.0 Å². The monoisotopic (exact) mass is 498 g/mol. The molecule has 1 aromatic carbocycles. The zero-order chi connectivity index (χ0) is 26.5. The molecule has 1 aliphatic rings. The van der Waals surface area contributed by atoms with Crippen molar-refractivity contribution >= 4 is 11.9 Å². The highest BCUT2D eigenvalue weighted by Gasteiger charge is 2.22. The molecule has 0 bridgehead atoms. The molecule has 0 aromatic heterocycles. The SMILES string of the molecule is C=C(C)C(=O)OCC(CCc1ccc(C2CCC(CCCCC)CC2)cc1)COC(=O)C(=C)C(C)O. The van der Waals surface area contributed by atoms with E-state index in [1.807, 2.05) is 0 Å². The van der Waals surface area contributed by atoms with Crippen LogP contribution in [0.3, 0.4) is 0 Å². The Kier molecular flexibility index (Phi) is 13.0. The molecule has 1 aliphatic carbocycles. The van der Waals surface area contributed by atoms with Gasteiger partial charge >= 0.3 is 11.9 Å². The average molecular weight is 499 g/mol. The van der Waals surface area contributed by atoms with Crippen LogP contribution in [-0.4, -0.2) is 36.4 Å². The molecule has 5 nitrogen and oxygen atoms in total. The average Bonchev–Trinajstić information content (AvgIpc) is 2.88. The van der Waals surface area contributed by atoms with Crippen molar-refractivity contribution in [3.63, 3.8) is 0 Å². The summed E-state index contributed by atoms with van der Waals surface area (Å²) in [5.41, 5.74) is 2.99. The van der Waals surface area contributed by atoms with E-state index in [1.165, 1.54) is 69.4 Å². The number of benzene rings is 1. The van der Waals surface area contributed by atoms with E-state index < -0.39 is 18.0 Å². The number of ether oxygens (including phenoxy) is 2. The lowest BCUT2D eigenvalue weighted by molar-refractivity contribution is -0.144. The molecule has 0 aliphatic heterocycles. The first-order valence-corrected chi connectivity index (χ1v) is 13.7. The number of carbonyl (C=O) groups is 2. The second-order valence-corrected chi connectivity index (χ2v) is 10.5. The van der Waals surface area contributed by atoms with Gasteiger partial charge < -0.3 is 14.6 Å². The molecule has 0 saturated heterocycles. The number of rotatable bonds is 15. The first-order chi connectivity index (χ1) is 17.2. The Balaban J connectivity index is 1.87. The number of carbonyl (C=O) groups excluding carboxylic acids is 2. The third-order valence-corrected chi connectivity index (χ3v) is 7.37. The Hall–Kier alpha value is -2.40. The van der Waals surface area contributed by atoms with Crippen LogP contribution in [0.4, 0.5) is 0 Å². The molecule has 1 saturated carbocycles. The van der Waals surface area contributed by atoms with Crippen LogP contribution in [0.15, 0.2) is 48.6 Å². The van der Waals surface area contributed by atoms with E-state index in [2.05, 4.69) is 44.3 Å². The van der Waals surface area contributed by atoms with Crippen LogP contribution in [0.25, 0.3) is 0 Å². The number of aliphatic hydroxyl groups excluding tert-OH is 1. The largest absolute Gasteiger partial charge is 0.462 e. The summed E-state index contributed by atoms with van der Waals surface area (Å²) < 4.78 is 10.7. The molecular formula is C31H46O5. The van der Waals surface area contributed by atoms with Crippen molar-refractivity contribution in [3.05, 3.63) is 59.7 Å². The minimum atomic E-state index is -0.966. The van der Waals surface area contributed by atoms with Crippen LogP contribution in [0, 0.1) is 11.8 Å². The Morgan fingerprint density at radius 1 is 1.00 bits per heavy atom. The van der Waals surface area contributed by atoms with E-state index in [-0.39, 0.29) is 24.7 Å². The number of esters is 2. The van der Waals surface area contributed by atoms with Gasteiger partial charge in [-0.3, -0.25) is 0 Å². The maximum Gasteiger partial charge on any atom is 0.336 e. The molecular weight excluding hydrogens is 452 g/mol. The fraction of sp³-hybridized carbons (Fsp3) is 0.613. The third kappa shape index (κ3) is 10.3. The molecule has 2 unspecified atom stereocenters. The smallest absolute Gasteiger partial charge is 0.336 e. The maximum atomic E-state index is 12.1. The van der Waals surface area contributed by atoms with Gasteiger partial charge in [0.2, 0.25) is 0 Å². The van der Waals surface area contributed by atoms with Gasteiger partial charge in [-0.05, 0) is 75.3 Å². The van der Waals surface area contributed by atoms with Gasteiger partial charge in [0, 0.05) is 11.5 Å². The quantitative estimate of drug-likeness (QED) is 0.166. The molecule has 0 heterocycles. The fourth-order valence-electron chi connectivity index (χ4n) is 4.78. The van der Waals surface area contributed by atoms with Gasteiger partial charge in [-0.15, -0.1) is 0 Å². The molecule has 1 fully saturated rings. The summed E-state index contributed by atoms with van der Waals surface area (Å²) >= 11 is 0. The van der Waals surface area contributed by atoms with E-state index in [1.54, 1.807) is 6.92 Å². The second-order valence-electron chi connectivity index (χ2n) is 10.5. The topological polar surface area (TPSA) is 72.8 Å². The number of hydrogen-bond acceptors (Lipinski definition) is 5. The highest BCUT2D eigenvalue weighted by atomic mass is 16.5. The Labute approximate surface area is 218 Å². The second kappa shape index (κ2) is 15.7. The summed E-state index contributed by atoms with van der Waals surface area (Å²) in [4.78, 5) is 23.9. The molecule has 2 atom stereocenters. The zero-order valence-electron chi connectivity index (χ0n) is 22.6. The molecule has 0 amide bonds. The van der Waals surface area contributed by atoms with Crippen LogP contribution in [0.5, 0.6) is 0 Å².